The van der Waals surface area contributed by atoms with E-state index >= 15 is 0 Å². The van der Waals surface area contributed by atoms with Crippen LogP contribution in [0.5, 0.6) is 0 Å². The Labute approximate surface area is 155 Å². The molecule has 0 bridgehead atoms. The third-order valence-corrected chi connectivity index (χ3v) is 3.88. The van der Waals surface area contributed by atoms with E-state index in [1.165, 1.54) is 10.9 Å². The zero-order valence-corrected chi connectivity index (χ0v) is 14.2. The van der Waals surface area contributed by atoms with Crippen molar-refractivity contribution in [3.05, 3.63) is 66.0 Å². The fourth-order valence-corrected chi connectivity index (χ4v) is 2.67. The molecule has 0 atom stereocenters. The van der Waals surface area contributed by atoms with Crippen LogP contribution >= 0.6 is 0 Å². The van der Waals surface area contributed by atoms with Gasteiger partial charge in [0.25, 0.3) is 5.91 Å². The van der Waals surface area contributed by atoms with E-state index in [2.05, 4.69) is 16.5 Å². The predicted molar refractivity (Wildman–Crippen MR) is 100 cm³/mol. The Balaban J connectivity index is 1.92. The van der Waals surface area contributed by atoms with Crippen LogP contribution in [0.1, 0.15) is 16.1 Å². The summed E-state index contributed by atoms with van der Waals surface area (Å²) in [6, 6.07) is 16.5. The molecule has 0 aliphatic heterocycles. The first-order valence-electron chi connectivity index (χ1n) is 8.00. The standard InChI is InChI=1S/C19H16N6O2/c20-9-8-12-2-1-3-14(10-12)13-4-6-15(7-5-13)25-11-16(23-19(22)27)17(24-25)18(21)26/h1-7,10-11H,8H2,(H2,21,26)(H3,22,23,27). The normalized spacial score (nSPS) is 10.2. The molecule has 1 heterocycles. The molecular formula is C19H16N6O2. The molecule has 0 unspecified atom stereocenters. The zero-order valence-electron chi connectivity index (χ0n) is 14.2. The summed E-state index contributed by atoms with van der Waals surface area (Å²) in [5.74, 6) is -0.775. The average molecular weight is 360 g/mol. The highest BCUT2D eigenvalue weighted by atomic mass is 16.2. The van der Waals surface area contributed by atoms with Gasteiger partial charge in [-0.2, -0.15) is 10.4 Å². The minimum atomic E-state index is -0.815. The first kappa shape index (κ1) is 17.7. The fraction of sp³-hybridized carbons (Fsp3) is 0.0526. The van der Waals surface area contributed by atoms with E-state index in [4.69, 9.17) is 16.7 Å². The van der Waals surface area contributed by atoms with Crippen molar-refractivity contribution in [2.24, 2.45) is 11.5 Å². The molecule has 0 radical (unpaired) electrons. The minimum absolute atomic E-state index is 0.0814. The molecule has 27 heavy (non-hydrogen) atoms. The maximum absolute atomic E-state index is 11.5. The highest BCUT2D eigenvalue weighted by Crippen LogP contribution is 2.23. The molecule has 0 saturated heterocycles. The molecule has 8 nitrogen and oxygen atoms in total. The fourth-order valence-electron chi connectivity index (χ4n) is 2.67. The number of carbonyl (C=O) groups excluding carboxylic acids is 2. The summed E-state index contributed by atoms with van der Waals surface area (Å²) >= 11 is 0. The number of nitrogens with zero attached hydrogens (tertiary/aromatic N) is 3. The molecule has 0 aliphatic carbocycles. The molecule has 3 amide bonds. The molecule has 0 fully saturated rings. The summed E-state index contributed by atoms with van der Waals surface area (Å²) < 4.78 is 1.43. The van der Waals surface area contributed by atoms with Gasteiger partial charge in [-0.1, -0.05) is 36.4 Å². The van der Waals surface area contributed by atoms with Gasteiger partial charge in [-0.3, -0.25) is 4.79 Å². The lowest BCUT2D eigenvalue weighted by atomic mass is 10.0. The number of hydrogen-bond acceptors (Lipinski definition) is 4. The van der Waals surface area contributed by atoms with Gasteiger partial charge in [0.15, 0.2) is 5.69 Å². The molecule has 3 rings (SSSR count). The van der Waals surface area contributed by atoms with Gasteiger partial charge >= 0.3 is 6.03 Å². The molecule has 134 valence electrons. The van der Waals surface area contributed by atoms with Crippen molar-refractivity contribution in [2.45, 2.75) is 6.42 Å². The number of nitriles is 1. The van der Waals surface area contributed by atoms with Crippen LogP contribution in [-0.2, 0) is 6.42 Å². The Bertz CT molecular complexity index is 1050. The van der Waals surface area contributed by atoms with E-state index in [1.54, 1.807) is 0 Å². The number of amides is 3. The number of nitrogens with one attached hydrogen (secondary N) is 1. The van der Waals surface area contributed by atoms with Crippen molar-refractivity contribution in [1.82, 2.24) is 9.78 Å². The second-order valence-electron chi connectivity index (χ2n) is 5.77. The monoisotopic (exact) mass is 360 g/mol. The Morgan fingerprint density at radius 1 is 1.11 bits per heavy atom. The van der Waals surface area contributed by atoms with Gasteiger partial charge in [0.1, 0.15) is 0 Å². The summed E-state index contributed by atoms with van der Waals surface area (Å²) in [5, 5.41) is 15.3. The number of benzene rings is 2. The van der Waals surface area contributed by atoms with E-state index in [0.29, 0.717) is 12.1 Å². The number of primary amides is 2. The summed E-state index contributed by atoms with van der Waals surface area (Å²) in [6.45, 7) is 0. The van der Waals surface area contributed by atoms with Gasteiger partial charge < -0.3 is 16.8 Å². The van der Waals surface area contributed by atoms with Crippen LogP contribution in [0, 0.1) is 11.3 Å². The molecule has 8 heteroatoms. The number of hydrogen-bond donors (Lipinski definition) is 3. The lowest BCUT2D eigenvalue weighted by molar-refractivity contribution is 0.0996. The van der Waals surface area contributed by atoms with Crippen molar-refractivity contribution >= 4 is 17.6 Å². The van der Waals surface area contributed by atoms with E-state index in [1.807, 2.05) is 48.5 Å². The van der Waals surface area contributed by atoms with E-state index in [0.717, 1.165) is 16.7 Å². The Morgan fingerprint density at radius 2 is 1.85 bits per heavy atom. The van der Waals surface area contributed by atoms with Gasteiger partial charge in [0.05, 0.1) is 30.1 Å². The topological polar surface area (TPSA) is 140 Å². The second-order valence-corrected chi connectivity index (χ2v) is 5.77. The maximum atomic E-state index is 11.5. The number of anilines is 1. The summed E-state index contributed by atoms with van der Waals surface area (Å²) in [6.07, 6.45) is 1.82. The third-order valence-electron chi connectivity index (χ3n) is 3.88. The van der Waals surface area contributed by atoms with Crippen LogP contribution in [0.25, 0.3) is 16.8 Å². The third kappa shape index (κ3) is 3.93. The average Bonchev–Trinajstić information content (AvgIpc) is 3.06. The summed E-state index contributed by atoms with van der Waals surface area (Å²) in [4.78, 5) is 22.6. The first-order chi connectivity index (χ1) is 13.0. The zero-order chi connectivity index (χ0) is 19.4. The number of aromatic nitrogens is 2. The van der Waals surface area contributed by atoms with Crippen LogP contribution in [0.15, 0.2) is 54.7 Å². The lowest BCUT2D eigenvalue weighted by Gasteiger charge is -2.06. The number of rotatable bonds is 5. The minimum Gasteiger partial charge on any atom is -0.364 e. The van der Waals surface area contributed by atoms with Crippen LogP contribution in [0.2, 0.25) is 0 Å². The lowest BCUT2D eigenvalue weighted by Crippen LogP contribution is -2.22. The Kier molecular flexibility index (Phi) is 4.86. The Hall–Kier alpha value is -4.12. The van der Waals surface area contributed by atoms with Crippen molar-refractivity contribution in [3.8, 4) is 22.9 Å². The molecule has 1 aromatic heterocycles. The molecule has 5 N–H and O–H groups in total. The molecular weight excluding hydrogens is 344 g/mol. The van der Waals surface area contributed by atoms with Crippen LogP contribution in [0.3, 0.4) is 0 Å². The van der Waals surface area contributed by atoms with Crippen LogP contribution < -0.4 is 16.8 Å². The quantitative estimate of drug-likeness (QED) is 0.641. The molecule has 2 aromatic carbocycles. The van der Waals surface area contributed by atoms with Crippen LogP contribution in [0.4, 0.5) is 10.5 Å². The number of urea groups is 1. The highest BCUT2D eigenvalue weighted by Gasteiger charge is 2.16. The van der Waals surface area contributed by atoms with E-state index < -0.39 is 11.9 Å². The highest BCUT2D eigenvalue weighted by molar-refractivity contribution is 6.00. The molecule has 3 aromatic rings. The van der Waals surface area contributed by atoms with Crippen molar-refractivity contribution in [3.63, 3.8) is 0 Å². The van der Waals surface area contributed by atoms with Crippen LogP contribution in [-0.4, -0.2) is 21.7 Å². The van der Waals surface area contributed by atoms with E-state index in [9.17, 15) is 9.59 Å². The SMILES string of the molecule is N#CCc1cccc(-c2ccc(-n3cc(NC(N)=O)c(C(N)=O)n3)cc2)c1. The predicted octanol–water partition coefficient (Wildman–Crippen LogP) is 2.19. The largest absolute Gasteiger partial charge is 0.364 e. The van der Waals surface area contributed by atoms with Gasteiger partial charge in [-0.15, -0.1) is 0 Å². The summed E-state index contributed by atoms with van der Waals surface area (Å²) in [7, 11) is 0. The van der Waals surface area contributed by atoms with Crippen molar-refractivity contribution in [2.75, 3.05) is 5.32 Å². The second kappa shape index (κ2) is 7.41. The Morgan fingerprint density at radius 3 is 2.48 bits per heavy atom. The number of carbonyl (C=O) groups is 2. The number of nitrogens with two attached hydrogens (primary N) is 2. The van der Waals surface area contributed by atoms with Crippen molar-refractivity contribution in [1.29, 1.82) is 5.26 Å². The van der Waals surface area contributed by atoms with Crippen molar-refractivity contribution < 1.29 is 9.59 Å². The van der Waals surface area contributed by atoms with Gasteiger partial charge in [-0.25, -0.2) is 9.48 Å². The first-order valence-corrected chi connectivity index (χ1v) is 8.00. The van der Waals surface area contributed by atoms with Gasteiger partial charge in [0, 0.05) is 0 Å². The summed E-state index contributed by atoms with van der Waals surface area (Å²) in [5.41, 5.74) is 14.0. The smallest absolute Gasteiger partial charge is 0.316 e. The molecule has 0 spiro atoms. The molecule has 0 saturated carbocycles. The van der Waals surface area contributed by atoms with Gasteiger partial charge in [0.2, 0.25) is 0 Å². The molecule has 0 aliphatic rings. The maximum Gasteiger partial charge on any atom is 0.316 e. The van der Waals surface area contributed by atoms with Gasteiger partial charge in [-0.05, 0) is 28.8 Å². The van der Waals surface area contributed by atoms with E-state index in [-0.39, 0.29) is 11.4 Å².